The minimum atomic E-state index is -3.07. The van der Waals surface area contributed by atoms with Gasteiger partial charge in [0.2, 0.25) is 5.95 Å². The number of nitrogens with one attached hydrogen (secondary N) is 3. The molecule has 1 aliphatic heterocycles. The highest BCUT2D eigenvalue weighted by atomic mass is 35.5. The maximum atomic E-state index is 14.5. The topological polar surface area (TPSA) is 130 Å². The summed E-state index contributed by atoms with van der Waals surface area (Å²) in [4.78, 5) is 22.7. The smallest absolute Gasteiger partial charge is 0.265 e. The molecule has 1 saturated heterocycles. The predicted molar refractivity (Wildman–Crippen MR) is 121 cm³/mol. The quantitative estimate of drug-likeness (QED) is 0.415. The fraction of sp³-hybridized carbons (Fsp3) is 0.333. The summed E-state index contributed by atoms with van der Waals surface area (Å²) in [6.45, 7) is 1.02. The van der Waals surface area contributed by atoms with E-state index in [2.05, 4.69) is 25.8 Å². The Bertz CT molecular complexity index is 1090. The van der Waals surface area contributed by atoms with Gasteiger partial charge < -0.3 is 15.6 Å². The Morgan fingerprint density at radius 1 is 1.45 bits per heavy atom. The van der Waals surface area contributed by atoms with Crippen LogP contribution in [0, 0.1) is 22.7 Å². The number of amides is 1. The van der Waals surface area contributed by atoms with Crippen LogP contribution in [-0.2, 0) is 0 Å². The number of hydrogen-bond donors (Lipinski definition) is 3. The lowest BCUT2D eigenvalue weighted by Gasteiger charge is -2.43. The molecular weight excluding hydrogens is 454 g/mol. The zero-order chi connectivity index (χ0) is 24.0. The van der Waals surface area contributed by atoms with Crippen molar-refractivity contribution in [2.75, 3.05) is 23.8 Å². The van der Waals surface area contributed by atoms with Crippen LogP contribution in [-0.4, -0.2) is 58.3 Å². The molecule has 0 aliphatic carbocycles. The number of carbonyl (C=O) groups excluding carboxylic acids is 1. The Morgan fingerprint density at radius 2 is 2.18 bits per heavy atom. The van der Waals surface area contributed by atoms with E-state index in [1.807, 2.05) is 6.07 Å². The van der Waals surface area contributed by atoms with Gasteiger partial charge in [-0.3, -0.25) is 10.2 Å². The molecule has 1 aliphatic rings. The molecule has 0 spiro atoms. The van der Waals surface area contributed by atoms with Gasteiger partial charge in [0.05, 0.1) is 59.1 Å². The van der Waals surface area contributed by atoms with Crippen LogP contribution in [0.4, 0.5) is 20.4 Å². The lowest BCUT2D eigenvalue weighted by molar-refractivity contribution is -0.0897. The van der Waals surface area contributed by atoms with E-state index in [9.17, 15) is 18.8 Å². The molecule has 0 unspecified atom stereocenters. The minimum Gasteiger partial charge on any atom is -0.352 e. The van der Waals surface area contributed by atoms with Gasteiger partial charge in [0.1, 0.15) is 0 Å². The van der Waals surface area contributed by atoms with E-state index in [0.29, 0.717) is 5.02 Å². The molecule has 1 amide bonds. The van der Waals surface area contributed by atoms with Gasteiger partial charge in [-0.25, -0.2) is 18.7 Å². The number of anilines is 2. The van der Waals surface area contributed by atoms with Crippen LogP contribution in [0.5, 0.6) is 0 Å². The molecule has 33 heavy (non-hydrogen) atoms. The SMILES string of the molecule is C[C@@H]1CC(F)(F)CN(C(=O)c2cc(C#N)ccc2N/N=C\C=N)[C@@H]1CNc1ncc(Cl)cn1. The van der Waals surface area contributed by atoms with Gasteiger partial charge >= 0.3 is 0 Å². The number of rotatable bonds is 7. The highest BCUT2D eigenvalue weighted by Gasteiger charge is 2.46. The first-order chi connectivity index (χ1) is 15.7. The molecule has 2 heterocycles. The van der Waals surface area contributed by atoms with Gasteiger partial charge in [0.15, 0.2) is 0 Å². The van der Waals surface area contributed by atoms with E-state index >= 15 is 0 Å². The molecule has 1 aromatic carbocycles. The van der Waals surface area contributed by atoms with Crippen LogP contribution in [0.25, 0.3) is 0 Å². The third-order valence-electron chi connectivity index (χ3n) is 5.14. The highest BCUT2D eigenvalue weighted by Crippen LogP contribution is 2.36. The van der Waals surface area contributed by atoms with Gasteiger partial charge in [0.25, 0.3) is 11.8 Å². The molecule has 1 aromatic heterocycles. The number of likely N-dealkylation sites (tertiary alicyclic amines) is 1. The van der Waals surface area contributed by atoms with Crippen molar-refractivity contribution in [3.8, 4) is 6.07 Å². The minimum absolute atomic E-state index is 0.0221. The first-order valence-corrected chi connectivity index (χ1v) is 10.3. The molecule has 9 nitrogen and oxygen atoms in total. The average molecular weight is 475 g/mol. The van der Waals surface area contributed by atoms with Crippen molar-refractivity contribution >= 4 is 41.6 Å². The monoisotopic (exact) mass is 474 g/mol. The zero-order valence-electron chi connectivity index (χ0n) is 17.6. The van der Waals surface area contributed by atoms with E-state index in [1.165, 1.54) is 30.6 Å². The molecule has 12 heteroatoms. The number of aromatic nitrogens is 2. The van der Waals surface area contributed by atoms with Crippen LogP contribution < -0.4 is 10.7 Å². The molecule has 0 bridgehead atoms. The van der Waals surface area contributed by atoms with Gasteiger partial charge in [-0.1, -0.05) is 18.5 Å². The Morgan fingerprint density at radius 3 is 2.85 bits per heavy atom. The molecule has 0 radical (unpaired) electrons. The summed E-state index contributed by atoms with van der Waals surface area (Å²) < 4.78 is 29.0. The summed E-state index contributed by atoms with van der Waals surface area (Å²) in [6.07, 6.45) is 4.52. The van der Waals surface area contributed by atoms with E-state index in [0.717, 1.165) is 17.3 Å². The Hall–Kier alpha value is -3.65. The van der Waals surface area contributed by atoms with Crippen LogP contribution in [0.2, 0.25) is 5.02 Å². The fourth-order valence-electron chi connectivity index (χ4n) is 3.67. The summed E-state index contributed by atoms with van der Waals surface area (Å²) in [7, 11) is 0. The lowest BCUT2D eigenvalue weighted by atomic mass is 9.87. The maximum absolute atomic E-state index is 14.5. The fourth-order valence-corrected chi connectivity index (χ4v) is 3.76. The number of hydrazone groups is 1. The van der Waals surface area contributed by atoms with Crippen molar-refractivity contribution < 1.29 is 13.6 Å². The summed E-state index contributed by atoms with van der Waals surface area (Å²) in [5.74, 6) is -4.02. The average Bonchev–Trinajstić information content (AvgIpc) is 2.78. The number of carbonyl (C=O) groups is 1. The van der Waals surface area contributed by atoms with E-state index in [-0.39, 0.29) is 35.7 Å². The number of alkyl halides is 2. The van der Waals surface area contributed by atoms with E-state index in [1.54, 1.807) is 6.92 Å². The number of piperidine rings is 1. The first-order valence-electron chi connectivity index (χ1n) is 9.96. The van der Waals surface area contributed by atoms with Crippen LogP contribution >= 0.6 is 11.6 Å². The zero-order valence-corrected chi connectivity index (χ0v) is 18.4. The normalized spacial score (nSPS) is 19.7. The van der Waals surface area contributed by atoms with Crippen LogP contribution in [0.15, 0.2) is 35.7 Å². The number of benzene rings is 1. The molecule has 3 N–H and O–H groups in total. The number of halogens is 3. The molecule has 172 valence electrons. The molecule has 0 saturated carbocycles. The van der Waals surface area contributed by atoms with Crippen LogP contribution in [0.3, 0.4) is 0 Å². The van der Waals surface area contributed by atoms with Crippen molar-refractivity contribution in [2.24, 2.45) is 11.0 Å². The number of nitriles is 1. The van der Waals surface area contributed by atoms with Gasteiger partial charge in [0, 0.05) is 19.2 Å². The van der Waals surface area contributed by atoms with Crippen molar-refractivity contribution in [1.29, 1.82) is 10.7 Å². The lowest BCUT2D eigenvalue weighted by Crippen LogP contribution is -2.57. The van der Waals surface area contributed by atoms with Crippen LogP contribution in [0.1, 0.15) is 29.3 Å². The molecule has 3 rings (SSSR count). The second-order valence-corrected chi connectivity index (χ2v) is 8.01. The Kier molecular flexibility index (Phi) is 7.50. The van der Waals surface area contributed by atoms with Crippen molar-refractivity contribution in [3.05, 3.63) is 46.7 Å². The standard InChI is InChI=1S/C21H21ClF2N8O/c1-13-7-21(23,24)12-32(18(13)11-29-20-27-9-15(22)10-28-20)19(33)16-6-14(8-26)2-3-17(16)31-30-5-4-25/h2-6,9-10,13,18,25,31H,7,11-12H2,1H3,(H,27,28,29)/b25-4?,30-5-/t13-,18-/m1/s1. The second-order valence-electron chi connectivity index (χ2n) is 7.57. The maximum Gasteiger partial charge on any atom is 0.265 e. The van der Waals surface area contributed by atoms with E-state index in [4.69, 9.17) is 17.0 Å². The molecule has 2 aromatic rings. The van der Waals surface area contributed by atoms with Gasteiger partial charge in [-0.2, -0.15) is 10.4 Å². The first kappa shape index (κ1) is 24.0. The Labute approximate surface area is 194 Å². The van der Waals surface area contributed by atoms with Crippen molar-refractivity contribution in [1.82, 2.24) is 14.9 Å². The predicted octanol–water partition coefficient (Wildman–Crippen LogP) is 3.65. The summed E-state index contributed by atoms with van der Waals surface area (Å²) in [5, 5.41) is 23.4. The molecular formula is C21H21ClF2N8O. The molecule has 1 fully saturated rings. The third kappa shape index (κ3) is 5.98. The number of nitrogens with zero attached hydrogens (tertiary/aromatic N) is 5. The largest absolute Gasteiger partial charge is 0.352 e. The second kappa shape index (κ2) is 10.3. The van der Waals surface area contributed by atoms with E-state index < -0.39 is 30.3 Å². The summed E-state index contributed by atoms with van der Waals surface area (Å²) in [5.41, 5.74) is 3.07. The molecule has 2 atom stereocenters. The Balaban J connectivity index is 1.92. The number of hydrogen-bond acceptors (Lipinski definition) is 8. The van der Waals surface area contributed by atoms with Crippen molar-refractivity contribution in [2.45, 2.75) is 25.3 Å². The van der Waals surface area contributed by atoms with Gasteiger partial charge in [-0.05, 0) is 24.1 Å². The van der Waals surface area contributed by atoms with Gasteiger partial charge in [-0.15, -0.1) is 0 Å². The summed E-state index contributed by atoms with van der Waals surface area (Å²) in [6, 6.07) is 5.62. The highest BCUT2D eigenvalue weighted by molar-refractivity contribution is 6.30. The third-order valence-corrected chi connectivity index (χ3v) is 5.34. The summed E-state index contributed by atoms with van der Waals surface area (Å²) >= 11 is 5.79. The van der Waals surface area contributed by atoms with Crippen molar-refractivity contribution in [3.63, 3.8) is 0 Å².